The van der Waals surface area contributed by atoms with Crippen LogP contribution in [0, 0.1) is 0 Å². The minimum Gasteiger partial charge on any atom is -0.394 e. The largest absolute Gasteiger partial charge is 0.394 e. The third-order valence-electron chi connectivity index (χ3n) is 9.72. The second-order valence-corrected chi connectivity index (χ2v) is 14.1. The molecule has 0 aliphatic carbocycles. The van der Waals surface area contributed by atoms with Crippen LogP contribution in [0.25, 0.3) is 0 Å². The van der Waals surface area contributed by atoms with Crippen molar-refractivity contribution in [2.45, 2.75) is 197 Å². The fourth-order valence-corrected chi connectivity index (χ4v) is 6.38. The van der Waals surface area contributed by atoms with Gasteiger partial charge >= 0.3 is 0 Å². The molecule has 1 amide bonds. The summed E-state index contributed by atoms with van der Waals surface area (Å²) in [4.78, 5) is 12.6. The van der Waals surface area contributed by atoms with Crippen LogP contribution in [0.5, 0.6) is 0 Å². The van der Waals surface area contributed by atoms with E-state index < -0.39 is 86.8 Å². The van der Waals surface area contributed by atoms with Crippen LogP contribution in [0.15, 0.2) is 12.2 Å². The first-order valence-corrected chi connectivity index (χ1v) is 19.4. The lowest BCUT2D eigenvalue weighted by Crippen LogP contribution is -2.65. The average molecular weight is 736 g/mol. The zero-order chi connectivity index (χ0) is 37.6. The summed E-state index contributed by atoms with van der Waals surface area (Å²) >= 11 is 0. The summed E-state index contributed by atoms with van der Waals surface area (Å²) in [5.41, 5.74) is 0. The topological polar surface area (TPSA) is 228 Å². The standard InChI is InChI=1S/C37H69NO13/c1-3-5-7-8-9-10-11-12-13-14-15-16-17-18-19-20-26(41)25(38-29(42)21-6-4-2)24-48-36-34(47)32(45)35(28(23-40)50-36)51-37-33(46)31(44)30(43)27(22-39)49-37/h19-20,25-28,30-37,39-41,43-47H,3-18,21-24H2,1-2H3,(H,38,42)/b20-19+. The van der Waals surface area contributed by atoms with Crippen LogP contribution in [-0.2, 0) is 23.7 Å². The lowest BCUT2D eigenvalue weighted by Gasteiger charge is -2.46. The Morgan fingerprint density at radius 3 is 1.78 bits per heavy atom. The minimum atomic E-state index is -1.78. The molecule has 0 spiro atoms. The molecule has 2 aliphatic rings. The lowest BCUT2D eigenvalue weighted by atomic mass is 9.97. The Labute approximate surface area is 304 Å². The third kappa shape index (κ3) is 16.3. The van der Waals surface area contributed by atoms with Crippen molar-refractivity contribution in [3.05, 3.63) is 12.2 Å². The summed E-state index contributed by atoms with van der Waals surface area (Å²) < 4.78 is 22.4. The molecule has 2 saturated heterocycles. The van der Waals surface area contributed by atoms with Crippen LogP contribution in [0.3, 0.4) is 0 Å². The van der Waals surface area contributed by atoms with E-state index in [1.807, 2.05) is 13.0 Å². The fraction of sp³-hybridized carbons (Fsp3) is 0.919. The molecule has 0 aromatic heterocycles. The monoisotopic (exact) mass is 735 g/mol. The maximum absolute atomic E-state index is 12.6. The lowest BCUT2D eigenvalue weighted by molar-refractivity contribution is -0.359. The number of hydrogen-bond donors (Lipinski definition) is 9. The number of allylic oxidation sites excluding steroid dienone is 1. The van der Waals surface area contributed by atoms with Gasteiger partial charge in [0.15, 0.2) is 12.6 Å². The Kier molecular flexibility index (Phi) is 23.8. The number of aliphatic hydroxyl groups is 8. The van der Waals surface area contributed by atoms with Gasteiger partial charge < -0.3 is 65.1 Å². The van der Waals surface area contributed by atoms with Crippen LogP contribution in [0.2, 0.25) is 0 Å². The maximum Gasteiger partial charge on any atom is 0.220 e. The van der Waals surface area contributed by atoms with E-state index in [0.29, 0.717) is 6.42 Å². The highest BCUT2D eigenvalue weighted by atomic mass is 16.7. The summed E-state index contributed by atoms with van der Waals surface area (Å²) in [6.07, 6.45) is 5.48. The van der Waals surface area contributed by atoms with Crippen molar-refractivity contribution >= 4 is 5.91 Å². The highest BCUT2D eigenvalue weighted by molar-refractivity contribution is 5.76. The summed E-state index contributed by atoms with van der Waals surface area (Å²) in [5, 5.41) is 85.4. The Hall–Kier alpha value is -1.27. The first-order valence-electron chi connectivity index (χ1n) is 19.4. The smallest absolute Gasteiger partial charge is 0.220 e. The van der Waals surface area contributed by atoms with Crippen molar-refractivity contribution in [3.63, 3.8) is 0 Å². The number of carbonyl (C=O) groups excluding carboxylic acids is 1. The van der Waals surface area contributed by atoms with E-state index >= 15 is 0 Å². The fourth-order valence-electron chi connectivity index (χ4n) is 6.38. The molecular formula is C37H69NO13. The van der Waals surface area contributed by atoms with Gasteiger partial charge in [0.1, 0.15) is 48.8 Å². The molecule has 2 heterocycles. The van der Waals surface area contributed by atoms with Crippen molar-refractivity contribution in [2.75, 3.05) is 19.8 Å². The highest BCUT2D eigenvalue weighted by Gasteiger charge is 2.50. The first kappa shape index (κ1) is 45.9. The van der Waals surface area contributed by atoms with Gasteiger partial charge in [-0.05, 0) is 19.3 Å². The van der Waals surface area contributed by atoms with E-state index in [9.17, 15) is 45.6 Å². The van der Waals surface area contributed by atoms with E-state index in [0.717, 1.165) is 25.7 Å². The van der Waals surface area contributed by atoms with Crippen molar-refractivity contribution < 1.29 is 64.6 Å². The van der Waals surface area contributed by atoms with Gasteiger partial charge in [0.25, 0.3) is 0 Å². The second-order valence-electron chi connectivity index (χ2n) is 14.1. The molecule has 2 fully saturated rings. The normalized spacial score (nSPS) is 31.2. The summed E-state index contributed by atoms with van der Waals surface area (Å²) in [6.45, 7) is 2.49. The molecule has 12 unspecified atom stereocenters. The molecule has 0 aromatic rings. The Balaban J connectivity index is 1.85. The van der Waals surface area contributed by atoms with Gasteiger partial charge in [-0.15, -0.1) is 0 Å². The van der Waals surface area contributed by atoms with Crippen LogP contribution in [0.4, 0.5) is 0 Å². The molecule has 51 heavy (non-hydrogen) atoms. The maximum atomic E-state index is 12.6. The molecular weight excluding hydrogens is 666 g/mol. The van der Waals surface area contributed by atoms with Gasteiger partial charge in [0.2, 0.25) is 5.91 Å². The molecule has 14 nitrogen and oxygen atoms in total. The molecule has 300 valence electrons. The number of rotatable bonds is 27. The van der Waals surface area contributed by atoms with Crippen LogP contribution in [0.1, 0.15) is 123 Å². The van der Waals surface area contributed by atoms with Gasteiger partial charge in [-0.2, -0.15) is 0 Å². The SMILES string of the molecule is CCCCCCCCCCCCCCC/C=C/C(O)C(COC1OC(CO)C(OC2OC(CO)C(O)C(O)C2O)C(O)C1O)NC(=O)CCCC. The Morgan fingerprint density at radius 1 is 0.686 bits per heavy atom. The van der Waals surface area contributed by atoms with E-state index in [2.05, 4.69) is 12.2 Å². The zero-order valence-electron chi connectivity index (χ0n) is 30.8. The van der Waals surface area contributed by atoms with Gasteiger partial charge in [-0.3, -0.25) is 4.79 Å². The van der Waals surface area contributed by atoms with E-state index in [1.165, 1.54) is 70.6 Å². The zero-order valence-corrected chi connectivity index (χ0v) is 30.8. The molecule has 0 radical (unpaired) electrons. The van der Waals surface area contributed by atoms with Gasteiger partial charge in [-0.1, -0.05) is 109 Å². The van der Waals surface area contributed by atoms with E-state index in [-0.39, 0.29) is 18.9 Å². The summed E-state index contributed by atoms with van der Waals surface area (Å²) in [7, 11) is 0. The Morgan fingerprint density at radius 2 is 1.22 bits per heavy atom. The van der Waals surface area contributed by atoms with Crippen molar-refractivity contribution in [2.24, 2.45) is 0 Å². The third-order valence-corrected chi connectivity index (χ3v) is 9.72. The number of hydrogen-bond acceptors (Lipinski definition) is 13. The highest BCUT2D eigenvalue weighted by Crippen LogP contribution is 2.29. The Bertz CT molecular complexity index is 925. The van der Waals surface area contributed by atoms with Crippen molar-refractivity contribution in [1.82, 2.24) is 5.32 Å². The average Bonchev–Trinajstić information content (AvgIpc) is 3.13. The van der Waals surface area contributed by atoms with E-state index in [4.69, 9.17) is 18.9 Å². The molecule has 0 aromatic carbocycles. The molecule has 2 aliphatic heterocycles. The van der Waals surface area contributed by atoms with Crippen LogP contribution >= 0.6 is 0 Å². The molecule has 0 saturated carbocycles. The minimum absolute atomic E-state index is 0.257. The quantitative estimate of drug-likeness (QED) is 0.0433. The predicted molar refractivity (Wildman–Crippen MR) is 189 cm³/mol. The molecule has 9 N–H and O–H groups in total. The number of unbranched alkanes of at least 4 members (excludes halogenated alkanes) is 14. The molecule has 14 heteroatoms. The number of carbonyl (C=O) groups is 1. The number of aliphatic hydroxyl groups excluding tert-OH is 8. The summed E-state index contributed by atoms with van der Waals surface area (Å²) in [6, 6.07) is -0.902. The number of amides is 1. The first-order chi connectivity index (χ1) is 24.6. The molecule has 12 atom stereocenters. The van der Waals surface area contributed by atoms with E-state index in [1.54, 1.807) is 6.08 Å². The van der Waals surface area contributed by atoms with Gasteiger partial charge in [-0.25, -0.2) is 0 Å². The van der Waals surface area contributed by atoms with Crippen LogP contribution < -0.4 is 5.32 Å². The molecule has 2 rings (SSSR count). The van der Waals surface area contributed by atoms with Gasteiger partial charge in [0, 0.05) is 6.42 Å². The second kappa shape index (κ2) is 26.5. The molecule has 0 bridgehead atoms. The van der Waals surface area contributed by atoms with Crippen molar-refractivity contribution in [1.29, 1.82) is 0 Å². The van der Waals surface area contributed by atoms with Crippen LogP contribution in [-0.4, -0.2) is 140 Å². The van der Waals surface area contributed by atoms with Crippen molar-refractivity contribution in [3.8, 4) is 0 Å². The van der Waals surface area contributed by atoms with Gasteiger partial charge in [0.05, 0.1) is 32.0 Å². The number of ether oxygens (including phenoxy) is 4. The summed E-state index contributed by atoms with van der Waals surface area (Å²) in [5.74, 6) is -0.277. The predicted octanol–water partition coefficient (Wildman–Crippen LogP) is 1.70. The number of nitrogens with one attached hydrogen (secondary N) is 1.